The standard InChI is InChI=1S/C25H34BrFN2O3S/c1-16-21(20(30)15-25-14-17(23(25,2)3)10-11-24(25,4)27)18-8-6-9-19(26)22(18)29(16)13-7-12-28-33(5,31)32/h6,8-9,17,28H,7,10-15H2,1-5H3. The van der Waals surface area contributed by atoms with Crippen molar-refractivity contribution >= 4 is 42.6 Å². The van der Waals surface area contributed by atoms with Crippen molar-refractivity contribution in [2.45, 2.75) is 72.0 Å². The lowest BCUT2D eigenvalue weighted by molar-refractivity contribution is -0.242. The maximum Gasteiger partial charge on any atom is 0.208 e. The van der Waals surface area contributed by atoms with E-state index in [0.29, 0.717) is 37.4 Å². The molecule has 0 radical (unpaired) electrons. The van der Waals surface area contributed by atoms with E-state index in [1.54, 1.807) is 6.92 Å². The van der Waals surface area contributed by atoms with Crippen LogP contribution in [0.25, 0.3) is 10.9 Å². The molecule has 0 spiro atoms. The summed E-state index contributed by atoms with van der Waals surface area (Å²) in [5.41, 5.74) is 0.249. The molecule has 0 saturated heterocycles. The predicted octanol–water partition coefficient (Wildman–Crippen LogP) is 5.78. The van der Waals surface area contributed by atoms with Gasteiger partial charge in [-0.15, -0.1) is 0 Å². The first kappa shape index (κ1) is 24.9. The number of hydrogen-bond acceptors (Lipinski definition) is 3. The van der Waals surface area contributed by atoms with Gasteiger partial charge in [0.15, 0.2) is 5.78 Å². The van der Waals surface area contributed by atoms with E-state index in [9.17, 15) is 13.2 Å². The fourth-order valence-corrected chi connectivity index (χ4v) is 7.79. The number of fused-ring (bicyclic) bond motifs is 3. The van der Waals surface area contributed by atoms with Gasteiger partial charge in [-0.05, 0) is 72.9 Å². The lowest BCUT2D eigenvalue weighted by atomic mass is 9.35. The number of rotatable bonds is 8. The first-order chi connectivity index (χ1) is 15.2. The second-order valence-electron chi connectivity index (χ2n) is 10.8. The van der Waals surface area contributed by atoms with Crippen molar-refractivity contribution in [2.75, 3.05) is 12.8 Å². The normalized spacial score (nSPS) is 28.6. The zero-order chi connectivity index (χ0) is 24.4. The van der Waals surface area contributed by atoms with Crippen LogP contribution in [0.2, 0.25) is 0 Å². The van der Waals surface area contributed by atoms with Crippen molar-refractivity contribution in [3.63, 3.8) is 0 Å². The number of Topliss-reactive ketones (excluding diaryl/α,β-unsaturated/α-hetero) is 1. The highest BCUT2D eigenvalue weighted by atomic mass is 79.9. The van der Waals surface area contributed by atoms with Crippen molar-refractivity contribution in [2.24, 2.45) is 16.7 Å². The van der Waals surface area contributed by atoms with E-state index in [1.165, 1.54) is 0 Å². The van der Waals surface area contributed by atoms with Crippen LogP contribution in [0.15, 0.2) is 22.7 Å². The Morgan fingerprint density at radius 3 is 2.61 bits per heavy atom. The van der Waals surface area contributed by atoms with Crippen molar-refractivity contribution in [1.29, 1.82) is 0 Å². The number of aryl methyl sites for hydroxylation is 1. The van der Waals surface area contributed by atoms with Gasteiger partial charge in [-0.25, -0.2) is 17.5 Å². The first-order valence-corrected chi connectivity index (χ1v) is 14.3. The Balaban J connectivity index is 1.69. The second-order valence-corrected chi connectivity index (χ2v) is 13.5. The average molecular weight is 542 g/mol. The number of halogens is 2. The van der Waals surface area contributed by atoms with Crippen LogP contribution >= 0.6 is 15.9 Å². The third-order valence-electron chi connectivity index (χ3n) is 8.77. The van der Waals surface area contributed by atoms with Gasteiger partial charge in [0, 0.05) is 46.0 Å². The molecule has 3 aliphatic rings. The van der Waals surface area contributed by atoms with Crippen LogP contribution in [0.4, 0.5) is 4.39 Å². The van der Waals surface area contributed by atoms with E-state index >= 15 is 4.39 Å². The molecule has 3 atom stereocenters. The minimum atomic E-state index is -3.25. The summed E-state index contributed by atoms with van der Waals surface area (Å²) in [6.07, 6.45) is 4.14. The SMILES string of the molecule is Cc1c(C(=O)CC23CC(CCC2(C)F)C3(C)C)c2cccc(Br)c2n1CCCNS(C)(=O)=O. The highest BCUT2D eigenvalue weighted by molar-refractivity contribution is 9.10. The summed E-state index contributed by atoms with van der Waals surface area (Å²) in [5.74, 6) is 0.481. The van der Waals surface area contributed by atoms with Gasteiger partial charge in [0.25, 0.3) is 0 Å². The third kappa shape index (κ3) is 3.90. The predicted molar refractivity (Wildman–Crippen MR) is 134 cm³/mol. The molecule has 2 aromatic rings. The monoisotopic (exact) mass is 540 g/mol. The zero-order valence-corrected chi connectivity index (χ0v) is 22.5. The molecular weight excluding hydrogens is 507 g/mol. The van der Waals surface area contributed by atoms with Gasteiger partial charge >= 0.3 is 0 Å². The molecule has 2 bridgehead atoms. The molecule has 33 heavy (non-hydrogen) atoms. The van der Waals surface area contributed by atoms with Crippen LogP contribution in [-0.4, -0.2) is 37.2 Å². The molecule has 1 N–H and O–H groups in total. The lowest BCUT2D eigenvalue weighted by Gasteiger charge is -2.70. The number of carbonyl (C=O) groups excluding carboxylic acids is 1. The fraction of sp³-hybridized carbons (Fsp3) is 0.640. The summed E-state index contributed by atoms with van der Waals surface area (Å²) < 4.78 is 44.2. The Kier molecular flexibility index (Phi) is 6.15. The number of ketones is 1. The van der Waals surface area contributed by atoms with E-state index < -0.39 is 21.1 Å². The van der Waals surface area contributed by atoms with Crippen molar-refractivity contribution < 1.29 is 17.6 Å². The third-order valence-corrected chi connectivity index (χ3v) is 10.1. The quantitative estimate of drug-likeness (QED) is 0.341. The maximum absolute atomic E-state index is 15.9. The van der Waals surface area contributed by atoms with E-state index in [-0.39, 0.29) is 17.6 Å². The molecule has 0 aliphatic heterocycles. The zero-order valence-electron chi connectivity index (χ0n) is 20.1. The molecule has 3 unspecified atom stereocenters. The molecule has 1 heterocycles. The molecule has 8 heteroatoms. The molecule has 3 fully saturated rings. The van der Waals surface area contributed by atoms with E-state index in [2.05, 4.69) is 39.1 Å². The number of alkyl halides is 1. The Morgan fingerprint density at radius 2 is 2.00 bits per heavy atom. The van der Waals surface area contributed by atoms with Crippen molar-refractivity contribution in [1.82, 2.24) is 9.29 Å². The summed E-state index contributed by atoms with van der Waals surface area (Å²) in [5, 5.41) is 0.865. The summed E-state index contributed by atoms with van der Waals surface area (Å²) in [7, 11) is -3.25. The number of sulfonamides is 1. The van der Waals surface area contributed by atoms with Crippen LogP contribution in [-0.2, 0) is 16.6 Å². The van der Waals surface area contributed by atoms with Gasteiger partial charge in [0.1, 0.15) is 5.67 Å². The Bertz CT molecular complexity index is 1210. The smallest absolute Gasteiger partial charge is 0.208 e. The minimum Gasteiger partial charge on any atom is -0.343 e. The number of para-hydroxylation sites is 1. The maximum atomic E-state index is 15.9. The number of aromatic nitrogens is 1. The lowest BCUT2D eigenvalue weighted by Crippen LogP contribution is -2.68. The van der Waals surface area contributed by atoms with E-state index in [4.69, 9.17) is 0 Å². The van der Waals surface area contributed by atoms with Gasteiger partial charge in [-0.3, -0.25) is 4.79 Å². The number of nitrogens with one attached hydrogen (secondary N) is 1. The molecule has 5 rings (SSSR count). The molecule has 1 aromatic carbocycles. The van der Waals surface area contributed by atoms with Crippen LogP contribution in [0.5, 0.6) is 0 Å². The molecular formula is C25H34BrFN2O3S. The van der Waals surface area contributed by atoms with Gasteiger partial charge in [-0.1, -0.05) is 26.0 Å². The van der Waals surface area contributed by atoms with E-state index in [1.807, 2.05) is 25.1 Å². The summed E-state index contributed by atoms with van der Waals surface area (Å²) >= 11 is 3.63. The molecule has 5 nitrogen and oxygen atoms in total. The van der Waals surface area contributed by atoms with Gasteiger partial charge in [0.2, 0.25) is 10.0 Å². The molecule has 0 amide bonds. The van der Waals surface area contributed by atoms with Crippen LogP contribution < -0.4 is 4.72 Å². The average Bonchev–Trinajstić information content (AvgIpc) is 2.98. The van der Waals surface area contributed by atoms with E-state index in [0.717, 1.165) is 40.2 Å². The summed E-state index contributed by atoms with van der Waals surface area (Å²) in [6.45, 7) is 8.79. The van der Waals surface area contributed by atoms with Gasteiger partial charge < -0.3 is 4.57 Å². The molecule has 3 aliphatic carbocycles. The topological polar surface area (TPSA) is 68.2 Å². The molecule has 1 aromatic heterocycles. The highest BCUT2D eigenvalue weighted by Crippen LogP contribution is 2.73. The van der Waals surface area contributed by atoms with Crippen LogP contribution in [0, 0.1) is 23.7 Å². The summed E-state index contributed by atoms with van der Waals surface area (Å²) in [6, 6.07) is 5.81. The molecule has 3 saturated carbocycles. The largest absolute Gasteiger partial charge is 0.343 e. The number of benzene rings is 1. The second kappa shape index (κ2) is 8.16. The highest BCUT2D eigenvalue weighted by Gasteiger charge is 2.71. The Hall–Kier alpha value is -1.25. The molecule has 182 valence electrons. The Labute approximate surface area is 204 Å². The van der Waals surface area contributed by atoms with Gasteiger partial charge in [0.05, 0.1) is 11.8 Å². The van der Waals surface area contributed by atoms with Crippen molar-refractivity contribution in [3.8, 4) is 0 Å². The Morgan fingerprint density at radius 1 is 1.30 bits per heavy atom. The van der Waals surface area contributed by atoms with Crippen molar-refractivity contribution in [3.05, 3.63) is 33.9 Å². The number of nitrogens with zero attached hydrogens (tertiary/aromatic N) is 1. The minimum absolute atomic E-state index is 0.000843. The van der Waals surface area contributed by atoms with Crippen LogP contribution in [0.3, 0.4) is 0 Å². The fourth-order valence-electron chi connectivity index (χ4n) is 6.69. The first-order valence-electron chi connectivity index (χ1n) is 11.7. The number of carbonyl (C=O) groups is 1. The summed E-state index contributed by atoms with van der Waals surface area (Å²) in [4.78, 5) is 13.9. The van der Waals surface area contributed by atoms with Gasteiger partial charge in [-0.2, -0.15) is 0 Å². The number of hydrogen-bond donors (Lipinski definition) is 1. The van der Waals surface area contributed by atoms with Crippen LogP contribution in [0.1, 0.15) is 68.9 Å².